The molecule has 0 amide bonds. The smallest absolute Gasteiger partial charge is 0.243 e. The number of aromatic nitrogens is 1. The highest BCUT2D eigenvalue weighted by atomic mass is 35.5. The van der Waals surface area contributed by atoms with E-state index in [9.17, 15) is 8.42 Å². The Morgan fingerprint density at radius 3 is 2.85 bits per heavy atom. The molecular weight excluding hydrogens is 302 g/mol. The molecule has 0 unspecified atom stereocenters. The van der Waals surface area contributed by atoms with Crippen molar-refractivity contribution in [3.8, 4) is 0 Å². The van der Waals surface area contributed by atoms with Crippen LogP contribution in [0.2, 0.25) is 5.02 Å². The molecule has 0 fully saturated rings. The molecule has 0 aliphatic carbocycles. The van der Waals surface area contributed by atoms with Gasteiger partial charge >= 0.3 is 0 Å². The van der Waals surface area contributed by atoms with Crippen molar-refractivity contribution in [2.75, 3.05) is 5.73 Å². The van der Waals surface area contributed by atoms with E-state index in [1.54, 1.807) is 6.20 Å². The summed E-state index contributed by atoms with van der Waals surface area (Å²) in [7, 11) is -3.77. The molecule has 108 valence electrons. The molecule has 0 saturated carbocycles. The van der Waals surface area contributed by atoms with Crippen LogP contribution in [0, 0.1) is 0 Å². The molecule has 3 N–H and O–H groups in total. The summed E-state index contributed by atoms with van der Waals surface area (Å²) in [5.41, 5.74) is 5.78. The number of oxazole rings is 1. The minimum absolute atomic E-state index is 0.0473. The molecule has 2 aromatic rings. The Kier molecular flexibility index (Phi) is 4.32. The van der Waals surface area contributed by atoms with Crippen LogP contribution in [0.4, 0.5) is 5.69 Å². The van der Waals surface area contributed by atoms with Crippen LogP contribution < -0.4 is 10.5 Å². The number of nitrogens with two attached hydrogens (primary N) is 1. The van der Waals surface area contributed by atoms with Gasteiger partial charge in [0.1, 0.15) is 10.7 Å². The molecule has 0 spiro atoms. The Bertz CT molecular complexity index is 712. The van der Waals surface area contributed by atoms with Crippen molar-refractivity contribution in [1.29, 1.82) is 0 Å². The standard InChI is InChI=1S/C12H14ClN3O3S/c1-2-9-6-15-12(19-9)7-16-20(17,18)11-5-8(13)3-4-10(11)14/h3-6,16H,2,7,14H2,1H3. The van der Waals surface area contributed by atoms with Gasteiger partial charge in [0.05, 0.1) is 18.4 Å². The van der Waals surface area contributed by atoms with E-state index in [0.29, 0.717) is 23.1 Å². The van der Waals surface area contributed by atoms with Crippen LogP contribution in [-0.4, -0.2) is 13.4 Å². The van der Waals surface area contributed by atoms with Gasteiger partial charge in [-0.05, 0) is 18.2 Å². The fraction of sp³-hybridized carbons (Fsp3) is 0.250. The van der Waals surface area contributed by atoms with Crippen LogP contribution >= 0.6 is 11.6 Å². The molecule has 1 aromatic heterocycles. The van der Waals surface area contributed by atoms with Crippen LogP contribution in [0.1, 0.15) is 18.6 Å². The number of aryl methyl sites for hydroxylation is 1. The summed E-state index contributed by atoms with van der Waals surface area (Å²) >= 11 is 5.78. The monoisotopic (exact) mass is 315 g/mol. The quantitative estimate of drug-likeness (QED) is 0.822. The Hall–Kier alpha value is -1.57. The lowest BCUT2D eigenvalue weighted by atomic mass is 10.3. The Morgan fingerprint density at radius 2 is 2.20 bits per heavy atom. The van der Waals surface area contributed by atoms with Crippen LogP contribution in [0.15, 0.2) is 33.7 Å². The van der Waals surface area contributed by atoms with Crippen LogP contribution in [0.3, 0.4) is 0 Å². The van der Waals surface area contributed by atoms with E-state index in [0.717, 1.165) is 0 Å². The third kappa shape index (κ3) is 3.30. The first kappa shape index (κ1) is 14.8. The fourth-order valence-electron chi connectivity index (χ4n) is 1.57. The summed E-state index contributed by atoms with van der Waals surface area (Å²) in [6, 6.07) is 4.26. The summed E-state index contributed by atoms with van der Waals surface area (Å²) < 4.78 is 32.0. The summed E-state index contributed by atoms with van der Waals surface area (Å²) in [5, 5.41) is 0.295. The van der Waals surface area contributed by atoms with E-state index in [-0.39, 0.29) is 17.1 Å². The van der Waals surface area contributed by atoms with Crippen molar-refractivity contribution < 1.29 is 12.8 Å². The molecule has 0 saturated heterocycles. The van der Waals surface area contributed by atoms with E-state index in [4.69, 9.17) is 21.8 Å². The van der Waals surface area contributed by atoms with Crippen molar-refractivity contribution in [2.45, 2.75) is 24.8 Å². The molecule has 0 atom stereocenters. The topological polar surface area (TPSA) is 98.2 Å². The molecule has 0 aliphatic heterocycles. The molecule has 1 aromatic carbocycles. The number of nitrogens with one attached hydrogen (secondary N) is 1. The van der Waals surface area contributed by atoms with Gasteiger partial charge in [-0.25, -0.2) is 18.1 Å². The van der Waals surface area contributed by atoms with E-state index in [1.807, 2.05) is 6.92 Å². The van der Waals surface area contributed by atoms with Gasteiger partial charge in [0.25, 0.3) is 0 Å². The van der Waals surface area contributed by atoms with Gasteiger partial charge in [0, 0.05) is 11.4 Å². The zero-order chi connectivity index (χ0) is 14.8. The first-order valence-corrected chi connectivity index (χ1v) is 7.76. The number of anilines is 1. The molecule has 6 nitrogen and oxygen atoms in total. The molecule has 0 aliphatic rings. The van der Waals surface area contributed by atoms with Gasteiger partial charge in [-0.1, -0.05) is 18.5 Å². The van der Waals surface area contributed by atoms with Crippen molar-refractivity contribution >= 4 is 27.3 Å². The lowest BCUT2D eigenvalue weighted by molar-refractivity contribution is 0.452. The normalized spacial score (nSPS) is 11.7. The van der Waals surface area contributed by atoms with E-state index < -0.39 is 10.0 Å². The maximum Gasteiger partial charge on any atom is 0.243 e. The number of halogens is 1. The number of sulfonamides is 1. The summed E-state index contributed by atoms with van der Waals surface area (Å²) in [6.45, 7) is 1.87. The predicted octanol–water partition coefficient (Wildman–Crippen LogP) is 1.95. The van der Waals surface area contributed by atoms with Gasteiger partial charge in [-0.15, -0.1) is 0 Å². The molecule has 2 rings (SSSR count). The van der Waals surface area contributed by atoms with Gasteiger partial charge in [0.15, 0.2) is 0 Å². The highest BCUT2D eigenvalue weighted by molar-refractivity contribution is 7.89. The van der Waals surface area contributed by atoms with E-state index in [2.05, 4.69) is 9.71 Å². The second-order valence-electron chi connectivity index (χ2n) is 4.08. The summed E-state index contributed by atoms with van der Waals surface area (Å²) in [5.74, 6) is 0.993. The van der Waals surface area contributed by atoms with Gasteiger partial charge in [-0.2, -0.15) is 0 Å². The first-order chi connectivity index (χ1) is 9.42. The Balaban J connectivity index is 2.17. The molecule has 20 heavy (non-hydrogen) atoms. The zero-order valence-electron chi connectivity index (χ0n) is 10.8. The third-order valence-corrected chi connectivity index (χ3v) is 4.32. The lowest BCUT2D eigenvalue weighted by Gasteiger charge is -2.08. The van der Waals surface area contributed by atoms with Crippen molar-refractivity contribution in [3.63, 3.8) is 0 Å². The largest absolute Gasteiger partial charge is 0.444 e. The third-order valence-electron chi connectivity index (χ3n) is 2.63. The highest BCUT2D eigenvalue weighted by Crippen LogP contribution is 2.22. The van der Waals surface area contributed by atoms with Gasteiger partial charge < -0.3 is 10.2 Å². The average Bonchev–Trinajstić information content (AvgIpc) is 2.87. The van der Waals surface area contributed by atoms with Crippen LogP contribution in [0.5, 0.6) is 0 Å². The van der Waals surface area contributed by atoms with Crippen molar-refractivity contribution in [1.82, 2.24) is 9.71 Å². The van der Waals surface area contributed by atoms with Crippen molar-refractivity contribution in [2.24, 2.45) is 0 Å². The second-order valence-corrected chi connectivity index (χ2v) is 6.25. The van der Waals surface area contributed by atoms with Gasteiger partial charge in [0.2, 0.25) is 15.9 Å². The Morgan fingerprint density at radius 1 is 1.45 bits per heavy atom. The predicted molar refractivity (Wildman–Crippen MR) is 75.8 cm³/mol. The number of benzene rings is 1. The minimum atomic E-state index is -3.77. The van der Waals surface area contributed by atoms with Crippen LogP contribution in [-0.2, 0) is 23.0 Å². The number of rotatable bonds is 5. The summed E-state index contributed by atoms with van der Waals surface area (Å²) in [4.78, 5) is 3.91. The molecule has 0 bridgehead atoms. The minimum Gasteiger partial charge on any atom is -0.444 e. The second kappa shape index (κ2) is 5.82. The number of hydrogen-bond donors (Lipinski definition) is 2. The number of nitrogens with zero attached hydrogens (tertiary/aromatic N) is 1. The number of hydrogen-bond acceptors (Lipinski definition) is 5. The number of nitrogen functional groups attached to an aromatic ring is 1. The highest BCUT2D eigenvalue weighted by Gasteiger charge is 2.18. The fourth-order valence-corrected chi connectivity index (χ4v) is 2.93. The average molecular weight is 316 g/mol. The zero-order valence-corrected chi connectivity index (χ0v) is 12.3. The lowest BCUT2D eigenvalue weighted by Crippen LogP contribution is -2.24. The first-order valence-electron chi connectivity index (χ1n) is 5.90. The van der Waals surface area contributed by atoms with E-state index in [1.165, 1.54) is 18.2 Å². The molecule has 8 heteroatoms. The maximum absolute atomic E-state index is 12.1. The van der Waals surface area contributed by atoms with Crippen LogP contribution in [0.25, 0.3) is 0 Å². The Labute approximate surface area is 122 Å². The molecule has 1 heterocycles. The van der Waals surface area contributed by atoms with Gasteiger partial charge in [-0.3, -0.25) is 0 Å². The molecular formula is C12H14ClN3O3S. The van der Waals surface area contributed by atoms with E-state index >= 15 is 0 Å². The van der Waals surface area contributed by atoms with Crippen molar-refractivity contribution in [3.05, 3.63) is 41.1 Å². The maximum atomic E-state index is 12.1. The molecule has 0 radical (unpaired) electrons. The SMILES string of the molecule is CCc1cnc(CNS(=O)(=O)c2cc(Cl)ccc2N)o1. The summed E-state index contributed by atoms with van der Waals surface area (Å²) in [6.07, 6.45) is 2.26.